The highest BCUT2D eigenvalue weighted by molar-refractivity contribution is 6.24. The van der Waals surface area contributed by atoms with Crippen LogP contribution in [0.5, 0.6) is 17.2 Å². The largest absolute Gasteiger partial charge is 0.507 e. The van der Waals surface area contributed by atoms with E-state index in [1.807, 2.05) is 6.07 Å². The lowest BCUT2D eigenvalue weighted by atomic mass is 9.56. The Hall–Kier alpha value is -4.53. The van der Waals surface area contributed by atoms with Gasteiger partial charge in [-0.2, -0.15) is 0 Å². The van der Waals surface area contributed by atoms with E-state index in [2.05, 4.69) is 0 Å². The fourth-order valence-electron chi connectivity index (χ4n) is 7.84. The number of Topliss-reactive ketones (excluding diaryl/α,β-unsaturated/α-hetero) is 2. The zero-order valence-corrected chi connectivity index (χ0v) is 21.3. The molecule has 8 nitrogen and oxygen atoms in total. The molecule has 3 N–H and O–H groups in total. The van der Waals surface area contributed by atoms with Crippen molar-refractivity contribution in [3.05, 3.63) is 98.6 Å². The Kier molecular flexibility index (Phi) is 4.42. The number of carbonyl (C=O) groups is 3. The van der Waals surface area contributed by atoms with Crippen molar-refractivity contribution in [2.24, 2.45) is 5.92 Å². The van der Waals surface area contributed by atoms with Crippen LogP contribution in [-0.2, 0) is 21.5 Å². The van der Waals surface area contributed by atoms with Crippen LogP contribution in [-0.4, -0.2) is 39.8 Å². The van der Waals surface area contributed by atoms with Crippen molar-refractivity contribution < 1.29 is 39.2 Å². The van der Waals surface area contributed by atoms with Gasteiger partial charge in [0.25, 0.3) is 0 Å². The van der Waals surface area contributed by atoms with Crippen LogP contribution in [0, 0.1) is 5.92 Å². The summed E-state index contributed by atoms with van der Waals surface area (Å²) in [6.07, 6.45) is 2.15. The molecule has 3 aromatic rings. The average Bonchev–Trinajstić information content (AvgIpc) is 3.44. The highest BCUT2D eigenvalue weighted by Crippen LogP contribution is 2.67. The van der Waals surface area contributed by atoms with Gasteiger partial charge in [-0.25, -0.2) is 0 Å². The van der Waals surface area contributed by atoms with Gasteiger partial charge in [-0.1, -0.05) is 24.3 Å². The van der Waals surface area contributed by atoms with Gasteiger partial charge in [0.2, 0.25) is 0 Å². The Bertz CT molecular complexity index is 1840. The summed E-state index contributed by atoms with van der Waals surface area (Å²) in [5.74, 6) is -2.08. The third-order valence-electron chi connectivity index (χ3n) is 9.23. The topological polar surface area (TPSA) is 130 Å². The Balaban J connectivity index is 1.60. The third kappa shape index (κ3) is 2.51. The molecule has 3 aromatic carbocycles. The highest BCUT2D eigenvalue weighted by Gasteiger charge is 2.59. The van der Waals surface area contributed by atoms with Crippen LogP contribution in [0.15, 0.2) is 48.6 Å². The summed E-state index contributed by atoms with van der Waals surface area (Å²) in [5, 5.41) is 33.4. The number of allylic oxidation sites excluding steroid dienone is 4. The fraction of sp³-hybridized carbons (Fsp3) is 0.219. The average molecular weight is 535 g/mol. The van der Waals surface area contributed by atoms with E-state index in [-0.39, 0.29) is 70.7 Å². The fourth-order valence-corrected chi connectivity index (χ4v) is 7.84. The number of phenolic OH excluding ortho intramolecular Hbond substituents is 3. The van der Waals surface area contributed by atoms with Gasteiger partial charge in [-0.15, -0.1) is 0 Å². The minimum atomic E-state index is -1.12. The van der Waals surface area contributed by atoms with Crippen molar-refractivity contribution in [2.75, 3.05) is 7.11 Å². The standard InChI is InChI=1S/C32H22O8/c1-39-31-24-13(12-40-31)9-16-26(30(24)38)22(36)10-14-11-23(37)27-17(3-2-4-19(27)33)32(14)18-6-8-21(35)28-20(34)7-5-15(25(18)28)29(16)32/h2-9,14,31,33,35,38H,10-12H2,1H3. The number of ether oxygens (including phenoxy) is 2. The van der Waals surface area contributed by atoms with Gasteiger partial charge in [0.05, 0.1) is 34.3 Å². The van der Waals surface area contributed by atoms with E-state index in [4.69, 9.17) is 9.47 Å². The normalized spacial score (nSPS) is 25.2. The lowest BCUT2D eigenvalue weighted by molar-refractivity contribution is -0.118. The second kappa shape index (κ2) is 7.56. The molecular weight excluding hydrogens is 512 g/mol. The number of aromatic hydroxyl groups is 3. The first-order chi connectivity index (χ1) is 19.3. The smallest absolute Gasteiger partial charge is 0.190 e. The van der Waals surface area contributed by atoms with Gasteiger partial charge >= 0.3 is 0 Å². The third-order valence-corrected chi connectivity index (χ3v) is 9.23. The van der Waals surface area contributed by atoms with Gasteiger partial charge < -0.3 is 24.8 Å². The predicted octanol–water partition coefficient (Wildman–Crippen LogP) is 4.73. The second-order valence-electron chi connectivity index (χ2n) is 10.9. The van der Waals surface area contributed by atoms with E-state index >= 15 is 0 Å². The summed E-state index contributed by atoms with van der Waals surface area (Å²) in [6.45, 7) is 0.158. The molecule has 8 rings (SSSR count). The maximum absolute atomic E-state index is 14.0. The van der Waals surface area contributed by atoms with Crippen molar-refractivity contribution in [3.8, 4) is 17.2 Å². The molecule has 40 heavy (non-hydrogen) atoms. The monoisotopic (exact) mass is 534 g/mol. The summed E-state index contributed by atoms with van der Waals surface area (Å²) >= 11 is 0. The highest BCUT2D eigenvalue weighted by atomic mass is 16.7. The number of hydrogen-bond donors (Lipinski definition) is 3. The number of rotatable bonds is 1. The molecule has 0 saturated carbocycles. The number of phenols is 3. The lowest BCUT2D eigenvalue weighted by Gasteiger charge is -2.44. The van der Waals surface area contributed by atoms with Gasteiger partial charge in [-0.05, 0) is 63.6 Å². The van der Waals surface area contributed by atoms with Gasteiger partial charge in [0.1, 0.15) is 17.2 Å². The van der Waals surface area contributed by atoms with Crippen LogP contribution in [0.3, 0.4) is 0 Å². The maximum atomic E-state index is 14.0. The quantitative estimate of drug-likeness (QED) is 0.409. The van der Waals surface area contributed by atoms with Crippen molar-refractivity contribution in [1.29, 1.82) is 0 Å². The summed E-state index contributed by atoms with van der Waals surface area (Å²) in [6, 6.07) is 9.98. The molecule has 0 fully saturated rings. The molecule has 3 atom stereocenters. The SMILES string of the molecule is COC1OCc2cc3c(c(O)c21)C(=O)CC1CC(=O)c2c(O)cccc2C12C3=C1C=CC(=O)c3c(O)ccc2c31. The summed E-state index contributed by atoms with van der Waals surface area (Å²) in [5.41, 5.74) is 3.91. The number of benzene rings is 3. The first-order valence-corrected chi connectivity index (χ1v) is 13.0. The first kappa shape index (κ1) is 23.4. The van der Waals surface area contributed by atoms with E-state index in [1.165, 1.54) is 25.3 Å². The number of methoxy groups -OCH3 is 1. The van der Waals surface area contributed by atoms with Crippen LogP contribution < -0.4 is 0 Å². The van der Waals surface area contributed by atoms with Gasteiger partial charge in [0.15, 0.2) is 23.6 Å². The van der Waals surface area contributed by atoms with Gasteiger partial charge in [-0.3, -0.25) is 14.4 Å². The molecule has 198 valence electrons. The Morgan fingerprint density at radius 2 is 1.60 bits per heavy atom. The molecule has 0 bridgehead atoms. The molecular formula is C32H22O8. The van der Waals surface area contributed by atoms with Crippen LogP contribution >= 0.6 is 0 Å². The predicted molar refractivity (Wildman–Crippen MR) is 141 cm³/mol. The van der Waals surface area contributed by atoms with Crippen LogP contribution in [0.4, 0.5) is 0 Å². The Morgan fingerprint density at radius 1 is 0.875 bits per heavy atom. The molecule has 1 heterocycles. The van der Waals surface area contributed by atoms with E-state index in [0.717, 1.165) is 0 Å². The molecule has 0 radical (unpaired) electrons. The summed E-state index contributed by atoms with van der Waals surface area (Å²) in [7, 11) is 1.46. The minimum Gasteiger partial charge on any atom is -0.507 e. The summed E-state index contributed by atoms with van der Waals surface area (Å²) < 4.78 is 11.2. The van der Waals surface area contributed by atoms with Crippen molar-refractivity contribution in [2.45, 2.75) is 31.2 Å². The molecule has 4 aliphatic carbocycles. The molecule has 1 spiro atoms. The second-order valence-corrected chi connectivity index (χ2v) is 10.9. The van der Waals surface area contributed by atoms with E-state index in [9.17, 15) is 29.7 Å². The van der Waals surface area contributed by atoms with Crippen molar-refractivity contribution in [3.63, 3.8) is 0 Å². The van der Waals surface area contributed by atoms with Crippen LogP contribution in [0.25, 0.3) is 11.1 Å². The summed E-state index contributed by atoms with van der Waals surface area (Å²) in [4.78, 5) is 40.7. The van der Waals surface area contributed by atoms with Gasteiger partial charge in [0, 0.05) is 25.5 Å². The van der Waals surface area contributed by atoms with E-state index in [0.29, 0.717) is 44.5 Å². The zero-order chi connectivity index (χ0) is 27.7. The molecule has 0 amide bonds. The number of fused-ring (bicyclic) bond motifs is 4. The molecule has 1 aliphatic heterocycles. The molecule has 0 aromatic heterocycles. The molecule has 8 heteroatoms. The number of ketones is 3. The number of carbonyl (C=O) groups excluding carboxylic acids is 3. The zero-order valence-electron chi connectivity index (χ0n) is 21.3. The van der Waals surface area contributed by atoms with Crippen molar-refractivity contribution in [1.82, 2.24) is 0 Å². The molecule has 5 aliphatic rings. The van der Waals surface area contributed by atoms with Crippen LogP contribution in [0.1, 0.15) is 83.6 Å². The molecule has 3 unspecified atom stereocenters. The Morgan fingerprint density at radius 3 is 2.38 bits per heavy atom. The van der Waals surface area contributed by atoms with E-state index in [1.54, 1.807) is 24.3 Å². The van der Waals surface area contributed by atoms with Crippen molar-refractivity contribution >= 4 is 28.5 Å². The minimum absolute atomic E-state index is 0.0291. The first-order valence-electron chi connectivity index (χ1n) is 13.0. The van der Waals surface area contributed by atoms with Crippen LogP contribution in [0.2, 0.25) is 0 Å². The maximum Gasteiger partial charge on any atom is 0.190 e. The van der Waals surface area contributed by atoms with E-state index < -0.39 is 17.6 Å². The number of hydrogen-bond acceptors (Lipinski definition) is 8. The Labute approximate surface area is 227 Å². The molecule has 0 saturated heterocycles. The lowest BCUT2D eigenvalue weighted by Crippen LogP contribution is -2.42.